The van der Waals surface area contributed by atoms with E-state index in [0.717, 1.165) is 19.6 Å². The van der Waals surface area contributed by atoms with Gasteiger partial charge in [0.2, 0.25) is 0 Å². The first-order chi connectivity index (χ1) is 7.27. The van der Waals surface area contributed by atoms with Crippen molar-refractivity contribution in [1.82, 2.24) is 5.32 Å². The second kappa shape index (κ2) is 11.2. The van der Waals surface area contributed by atoms with E-state index in [4.69, 9.17) is 15.2 Å². The lowest BCUT2D eigenvalue weighted by atomic mass is 10.5. The van der Waals surface area contributed by atoms with Crippen LogP contribution in [0, 0.1) is 0 Å². The molecule has 90 valence electrons. The minimum atomic E-state index is -0.743. The molecule has 0 atom stereocenters. The average molecular weight is 220 g/mol. The molecule has 3 N–H and O–H groups in total. The number of nitrogens with two attached hydrogens (primary N) is 1. The predicted molar refractivity (Wildman–Crippen MR) is 55.7 cm³/mol. The number of ether oxygens (including phenoxy) is 3. The highest BCUT2D eigenvalue weighted by Crippen LogP contribution is 1.82. The summed E-state index contributed by atoms with van der Waals surface area (Å²) in [4.78, 5) is 10.2. The van der Waals surface area contributed by atoms with E-state index in [-0.39, 0.29) is 0 Å². The Bertz CT molecular complexity index is 155. The largest absolute Gasteiger partial charge is 0.448 e. The maximum atomic E-state index is 10.2. The molecule has 15 heavy (non-hydrogen) atoms. The van der Waals surface area contributed by atoms with Gasteiger partial charge in [0.05, 0.1) is 6.61 Å². The number of methoxy groups -OCH3 is 1. The molecule has 0 fully saturated rings. The molecule has 0 spiro atoms. The molecule has 0 aromatic heterocycles. The van der Waals surface area contributed by atoms with Gasteiger partial charge in [0.15, 0.2) is 0 Å². The molecule has 0 bridgehead atoms. The summed E-state index contributed by atoms with van der Waals surface area (Å²) >= 11 is 0. The molecule has 6 nitrogen and oxygen atoms in total. The standard InChI is InChI=1S/C9H20N2O4/c1-13-5-2-6-14-7-3-11-4-8-15-9(10)12/h11H,2-8H2,1H3,(H2,10,12). The first-order valence-electron chi connectivity index (χ1n) is 4.97. The third-order valence-corrected chi connectivity index (χ3v) is 1.58. The van der Waals surface area contributed by atoms with Gasteiger partial charge >= 0.3 is 6.09 Å². The molecule has 0 radical (unpaired) electrons. The first-order valence-corrected chi connectivity index (χ1v) is 4.97. The quantitative estimate of drug-likeness (QED) is 0.495. The highest BCUT2D eigenvalue weighted by atomic mass is 16.5. The number of amides is 1. The number of hydrogen-bond acceptors (Lipinski definition) is 5. The van der Waals surface area contributed by atoms with E-state index in [1.165, 1.54) is 0 Å². The van der Waals surface area contributed by atoms with Crippen LogP contribution in [0.5, 0.6) is 0 Å². The summed E-state index contributed by atoms with van der Waals surface area (Å²) in [6, 6.07) is 0. The van der Waals surface area contributed by atoms with Crippen molar-refractivity contribution in [3.63, 3.8) is 0 Å². The molecule has 0 aliphatic rings. The number of hydrogen-bond donors (Lipinski definition) is 2. The van der Waals surface area contributed by atoms with E-state index in [0.29, 0.717) is 26.4 Å². The summed E-state index contributed by atoms with van der Waals surface area (Å²) in [5, 5.41) is 3.04. The van der Waals surface area contributed by atoms with Gasteiger partial charge in [-0.1, -0.05) is 0 Å². The molecule has 0 aliphatic carbocycles. The van der Waals surface area contributed by atoms with Crippen molar-refractivity contribution in [2.24, 2.45) is 5.73 Å². The van der Waals surface area contributed by atoms with E-state index >= 15 is 0 Å². The number of carbonyl (C=O) groups excluding carboxylic acids is 1. The molecule has 0 unspecified atom stereocenters. The van der Waals surface area contributed by atoms with Crippen LogP contribution in [0.15, 0.2) is 0 Å². The van der Waals surface area contributed by atoms with Crippen LogP contribution in [0.25, 0.3) is 0 Å². The Morgan fingerprint density at radius 2 is 1.93 bits per heavy atom. The molecule has 0 rings (SSSR count). The lowest BCUT2D eigenvalue weighted by Crippen LogP contribution is -2.26. The monoisotopic (exact) mass is 220 g/mol. The number of rotatable bonds is 10. The van der Waals surface area contributed by atoms with Gasteiger partial charge in [0.1, 0.15) is 6.61 Å². The molecular formula is C9H20N2O4. The number of nitrogens with one attached hydrogen (secondary N) is 1. The minimum Gasteiger partial charge on any atom is -0.448 e. The molecular weight excluding hydrogens is 200 g/mol. The van der Waals surface area contributed by atoms with E-state index in [9.17, 15) is 4.79 Å². The van der Waals surface area contributed by atoms with Gasteiger partial charge in [0.25, 0.3) is 0 Å². The van der Waals surface area contributed by atoms with Crippen molar-refractivity contribution in [2.75, 3.05) is 46.6 Å². The Morgan fingerprint density at radius 1 is 1.20 bits per heavy atom. The van der Waals surface area contributed by atoms with Gasteiger partial charge in [0, 0.05) is 33.4 Å². The topological polar surface area (TPSA) is 82.8 Å². The maximum Gasteiger partial charge on any atom is 0.404 e. The summed E-state index contributed by atoms with van der Waals surface area (Å²) < 4.78 is 14.7. The Labute approximate surface area is 90.1 Å². The highest BCUT2D eigenvalue weighted by molar-refractivity contribution is 5.64. The molecule has 0 aromatic rings. The molecule has 1 amide bonds. The summed E-state index contributed by atoms with van der Waals surface area (Å²) in [7, 11) is 1.67. The Kier molecular flexibility index (Phi) is 10.6. The van der Waals surface area contributed by atoms with E-state index in [1.54, 1.807) is 7.11 Å². The second-order valence-corrected chi connectivity index (χ2v) is 2.88. The lowest BCUT2D eigenvalue weighted by Gasteiger charge is -2.05. The molecule has 0 saturated carbocycles. The Morgan fingerprint density at radius 3 is 2.60 bits per heavy atom. The first kappa shape index (κ1) is 14.2. The van der Waals surface area contributed by atoms with Gasteiger partial charge in [-0.3, -0.25) is 0 Å². The zero-order valence-corrected chi connectivity index (χ0v) is 9.16. The van der Waals surface area contributed by atoms with Crippen molar-refractivity contribution in [3.8, 4) is 0 Å². The van der Waals surface area contributed by atoms with Crippen LogP contribution >= 0.6 is 0 Å². The van der Waals surface area contributed by atoms with Crippen LogP contribution in [0.1, 0.15) is 6.42 Å². The van der Waals surface area contributed by atoms with E-state index in [2.05, 4.69) is 10.1 Å². The number of primary amides is 1. The van der Waals surface area contributed by atoms with Crippen LogP contribution in [-0.4, -0.2) is 52.7 Å². The molecule has 6 heteroatoms. The molecule has 0 heterocycles. The summed E-state index contributed by atoms with van der Waals surface area (Å²) in [5.41, 5.74) is 4.78. The minimum absolute atomic E-state index is 0.291. The van der Waals surface area contributed by atoms with Gasteiger partial charge < -0.3 is 25.3 Å². The van der Waals surface area contributed by atoms with Gasteiger partial charge in [-0.05, 0) is 6.42 Å². The van der Waals surface area contributed by atoms with Gasteiger partial charge in [-0.25, -0.2) is 4.79 Å². The van der Waals surface area contributed by atoms with Crippen LogP contribution < -0.4 is 11.1 Å². The van der Waals surface area contributed by atoms with Crippen molar-refractivity contribution in [3.05, 3.63) is 0 Å². The SMILES string of the molecule is COCCCOCCNCCOC(N)=O. The van der Waals surface area contributed by atoms with Crippen molar-refractivity contribution in [2.45, 2.75) is 6.42 Å². The van der Waals surface area contributed by atoms with Gasteiger partial charge in [-0.15, -0.1) is 0 Å². The third kappa shape index (κ3) is 13.2. The smallest absolute Gasteiger partial charge is 0.404 e. The summed E-state index contributed by atoms with van der Waals surface area (Å²) in [6.07, 6.45) is 0.161. The van der Waals surface area contributed by atoms with Crippen molar-refractivity contribution < 1.29 is 19.0 Å². The normalized spacial score (nSPS) is 10.2. The highest BCUT2D eigenvalue weighted by Gasteiger charge is 1.93. The molecule has 0 aromatic carbocycles. The third-order valence-electron chi connectivity index (χ3n) is 1.58. The zero-order valence-electron chi connectivity index (χ0n) is 9.16. The van der Waals surface area contributed by atoms with Crippen molar-refractivity contribution >= 4 is 6.09 Å². The van der Waals surface area contributed by atoms with E-state index < -0.39 is 6.09 Å². The van der Waals surface area contributed by atoms with Crippen LogP contribution in [-0.2, 0) is 14.2 Å². The molecule has 0 saturated heterocycles. The Hall–Kier alpha value is -0.850. The average Bonchev–Trinajstić information content (AvgIpc) is 2.20. The molecule has 0 aliphatic heterocycles. The summed E-state index contributed by atoms with van der Waals surface area (Å²) in [5.74, 6) is 0. The van der Waals surface area contributed by atoms with Gasteiger partial charge in [-0.2, -0.15) is 0 Å². The maximum absolute atomic E-state index is 10.2. The van der Waals surface area contributed by atoms with Crippen LogP contribution in [0.3, 0.4) is 0 Å². The van der Waals surface area contributed by atoms with Crippen LogP contribution in [0.4, 0.5) is 4.79 Å². The zero-order chi connectivity index (χ0) is 11.4. The lowest BCUT2D eigenvalue weighted by molar-refractivity contribution is 0.103. The number of carbonyl (C=O) groups is 1. The fourth-order valence-electron chi connectivity index (χ4n) is 0.901. The predicted octanol–water partition coefficient (Wildman–Crippen LogP) is -0.276. The van der Waals surface area contributed by atoms with E-state index in [1.807, 2.05) is 0 Å². The Balaban J connectivity index is 2.89. The van der Waals surface area contributed by atoms with Crippen molar-refractivity contribution in [1.29, 1.82) is 0 Å². The fourth-order valence-corrected chi connectivity index (χ4v) is 0.901. The van der Waals surface area contributed by atoms with Crippen LogP contribution in [0.2, 0.25) is 0 Å². The summed E-state index contributed by atoms with van der Waals surface area (Å²) in [6.45, 7) is 3.67. The fraction of sp³-hybridized carbons (Fsp3) is 0.889. The second-order valence-electron chi connectivity index (χ2n) is 2.88.